The second-order valence-corrected chi connectivity index (χ2v) is 5.55. The number of anilines is 1. The highest BCUT2D eigenvalue weighted by Crippen LogP contribution is 2.14. The minimum atomic E-state index is -0.265. The molecule has 0 heterocycles. The standard InChI is InChI=1S/C16H15IN2O3/c1-21-15-5-3-2-4-12(15)10-18-22-11-16(20)19-14-8-6-13(17)7-9-14/h2-10H,11H2,1H3,(H,19,20)/b18-10-. The Morgan fingerprint density at radius 2 is 1.95 bits per heavy atom. The van der Waals surface area contributed by atoms with Gasteiger partial charge < -0.3 is 14.9 Å². The number of benzene rings is 2. The van der Waals surface area contributed by atoms with Crippen molar-refractivity contribution < 1.29 is 14.4 Å². The predicted octanol–water partition coefficient (Wildman–Crippen LogP) is 3.29. The third-order valence-electron chi connectivity index (χ3n) is 2.73. The average Bonchev–Trinajstić information content (AvgIpc) is 2.54. The van der Waals surface area contributed by atoms with Gasteiger partial charge in [0, 0.05) is 14.8 Å². The molecule has 2 aromatic rings. The van der Waals surface area contributed by atoms with E-state index in [1.165, 1.54) is 6.21 Å². The van der Waals surface area contributed by atoms with E-state index in [1.807, 2.05) is 48.5 Å². The molecule has 0 radical (unpaired) electrons. The van der Waals surface area contributed by atoms with Gasteiger partial charge in [-0.3, -0.25) is 4.79 Å². The van der Waals surface area contributed by atoms with E-state index in [-0.39, 0.29) is 12.5 Å². The summed E-state index contributed by atoms with van der Waals surface area (Å²) in [5.41, 5.74) is 1.51. The molecule has 0 saturated carbocycles. The van der Waals surface area contributed by atoms with Crippen molar-refractivity contribution in [2.24, 2.45) is 5.16 Å². The highest BCUT2D eigenvalue weighted by molar-refractivity contribution is 14.1. The highest BCUT2D eigenvalue weighted by atomic mass is 127. The molecule has 0 fully saturated rings. The number of halogens is 1. The Labute approximate surface area is 142 Å². The molecular formula is C16H15IN2O3. The highest BCUT2D eigenvalue weighted by Gasteiger charge is 2.02. The van der Waals surface area contributed by atoms with Gasteiger partial charge in [0.25, 0.3) is 5.91 Å². The zero-order valence-electron chi connectivity index (χ0n) is 12.0. The number of oxime groups is 1. The number of nitrogens with zero attached hydrogens (tertiary/aromatic N) is 1. The van der Waals surface area contributed by atoms with Crippen LogP contribution in [-0.2, 0) is 9.63 Å². The van der Waals surface area contributed by atoms with Gasteiger partial charge in [0.2, 0.25) is 0 Å². The Kier molecular flexibility index (Phi) is 6.20. The maximum absolute atomic E-state index is 11.7. The average molecular weight is 410 g/mol. The molecule has 1 amide bonds. The third-order valence-corrected chi connectivity index (χ3v) is 3.45. The normalized spacial score (nSPS) is 10.5. The number of hydrogen-bond acceptors (Lipinski definition) is 4. The van der Waals surface area contributed by atoms with Gasteiger partial charge >= 0.3 is 0 Å². The number of carbonyl (C=O) groups is 1. The molecule has 1 N–H and O–H groups in total. The Hall–Kier alpha value is -2.09. The minimum Gasteiger partial charge on any atom is -0.496 e. The van der Waals surface area contributed by atoms with E-state index in [0.29, 0.717) is 5.75 Å². The first-order valence-electron chi connectivity index (χ1n) is 6.53. The molecule has 6 heteroatoms. The van der Waals surface area contributed by atoms with Crippen molar-refractivity contribution in [3.63, 3.8) is 0 Å². The summed E-state index contributed by atoms with van der Waals surface area (Å²) in [6, 6.07) is 14.9. The van der Waals surface area contributed by atoms with Crippen LogP contribution in [0.15, 0.2) is 53.7 Å². The first-order valence-corrected chi connectivity index (χ1v) is 7.60. The van der Waals surface area contributed by atoms with E-state index in [1.54, 1.807) is 7.11 Å². The van der Waals surface area contributed by atoms with Crippen molar-refractivity contribution in [1.29, 1.82) is 0 Å². The van der Waals surface area contributed by atoms with Crippen LogP contribution in [0.1, 0.15) is 5.56 Å². The Balaban J connectivity index is 1.81. The fraction of sp³-hybridized carbons (Fsp3) is 0.125. The van der Waals surface area contributed by atoms with Crippen molar-refractivity contribution in [2.75, 3.05) is 19.0 Å². The van der Waals surface area contributed by atoms with Crippen molar-refractivity contribution in [3.05, 3.63) is 57.7 Å². The summed E-state index contributed by atoms with van der Waals surface area (Å²) in [4.78, 5) is 16.7. The largest absolute Gasteiger partial charge is 0.496 e. The Bertz CT molecular complexity index is 657. The summed E-state index contributed by atoms with van der Waals surface area (Å²) >= 11 is 2.20. The number of amides is 1. The van der Waals surface area contributed by atoms with Gasteiger partial charge in [-0.1, -0.05) is 17.3 Å². The van der Waals surface area contributed by atoms with Gasteiger partial charge in [0.05, 0.1) is 13.3 Å². The molecule has 114 valence electrons. The van der Waals surface area contributed by atoms with Gasteiger partial charge in [-0.15, -0.1) is 0 Å². The molecule has 0 aliphatic rings. The lowest BCUT2D eigenvalue weighted by molar-refractivity contribution is -0.120. The lowest BCUT2D eigenvalue weighted by Gasteiger charge is -2.05. The number of nitrogens with one attached hydrogen (secondary N) is 1. The zero-order chi connectivity index (χ0) is 15.8. The van der Waals surface area contributed by atoms with Crippen LogP contribution < -0.4 is 10.1 Å². The topological polar surface area (TPSA) is 59.9 Å². The molecule has 0 aromatic heterocycles. The van der Waals surface area contributed by atoms with Gasteiger partial charge in [0.1, 0.15) is 5.75 Å². The van der Waals surface area contributed by atoms with E-state index in [4.69, 9.17) is 9.57 Å². The van der Waals surface area contributed by atoms with Crippen molar-refractivity contribution >= 4 is 40.4 Å². The number of para-hydroxylation sites is 1. The second-order valence-electron chi connectivity index (χ2n) is 4.30. The van der Waals surface area contributed by atoms with E-state index in [9.17, 15) is 4.79 Å². The molecule has 0 unspecified atom stereocenters. The maximum Gasteiger partial charge on any atom is 0.265 e. The predicted molar refractivity (Wildman–Crippen MR) is 94.3 cm³/mol. The van der Waals surface area contributed by atoms with Gasteiger partial charge in [-0.05, 0) is 59.0 Å². The van der Waals surface area contributed by atoms with Gasteiger partial charge in [-0.2, -0.15) is 0 Å². The summed E-state index contributed by atoms with van der Waals surface area (Å²) in [5, 5.41) is 6.50. The lowest BCUT2D eigenvalue weighted by atomic mass is 10.2. The monoisotopic (exact) mass is 410 g/mol. The van der Waals surface area contributed by atoms with E-state index in [0.717, 1.165) is 14.8 Å². The molecule has 0 saturated heterocycles. The van der Waals surface area contributed by atoms with Crippen molar-refractivity contribution in [2.45, 2.75) is 0 Å². The summed E-state index contributed by atoms with van der Waals surface area (Å²) in [7, 11) is 1.59. The van der Waals surface area contributed by atoms with E-state index < -0.39 is 0 Å². The van der Waals surface area contributed by atoms with Crippen LogP contribution in [0.25, 0.3) is 0 Å². The van der Waals surface area contributed by atoms with Crippen LogP contribution in [0, 0.1) is 3.57 Å². The van der Waals surface area contributed by atoms with Crippen LogP contribution in [0.2, 0.25) is 0 Å². The number of methoxy groups -OCH3 is 1. The molecule has 2 aromatic carbocycles. The first-order chi connectivity index (χ1) is 10.7. The second kappa shape index (κ2) is 8.38. The smallest absolute Gasteiger partial charge is 0.265 e. The van der Waals surface area contributed by atoms with Crippen LogP contribution in [-0.4, -0.2) is 25.8 Å². The molecule has 0 aliphatic carbocycles. The summed E-state index contributed by atoms with van der Waals surface area (Å²) in [6.45, 7) is -0.155. The van der Waals surface area contributed by atoms with E-state index >= 15 is 0 Å². The Morgan fingerprint density at radius 3 is 2.68 bits per heavy atom. The molecular weight excluding hydrogens is 395 g/mol. The van der Waals surface area contributed by atoms with Crippen molar-refractivity contribution in [1.82, 2.24) is 0 Å². The SMILES string of the molecule is COc1ccccc1/C=N\OCC(=O)Nc1ccc(I)cc1. The van der Waals surface area contributed by atoms with Crippen LogP contribution in [0.4, 0.5) is 5.69 Å². The van der Waals surface area contributed by atoms with Crippen LogP contribution in [0.3, 0.4) is 0 Å². The molecule has 0 aliphatic heterocycles. The molecule has 0 bridgehead atoms. The van der Waals surface area contributed by atoms with Gasteiger partial charge in [0.15, 0.2) is 6.61 Å². The fourth-order valence-corrected chi connectivity index (χ4v) is 2.05. The van der Waals surface area contributed by atoms with Crippen LogP contribution in [0.5, 0.6) is 5.75 Å². The number of carbonyl (C=O) groups excluding carboxylic acids is 1. The molecule has 22 heavy (non-hydrogen) atoms. The molecule has 0 spiro atoms. The van der Waals surface area contributed by atoms with Crippen LogP contribution >= 0.6 is 22.6 Å². The first kappa shape index (κ1) is 16.3. The van der Waals surface area contributed by atoms with Crippen molar-refractivity contribution in [3.8, 4) is 5.75 Å². The quantitative estimate of drug-likeness (QED) is 0.452. The molecule has 0 atom stereocenters. The van der Waals surface area contributed by atoms with E-state index in [2.05, 4.69) is 33.1 Å². The maximum atomic E-state index is 11.7. The fourth-order valence-electron chi connectivity index (χ4n) is 1.69. The Morgan fingerprint density at radius 1 is 1.23 bits per heavy atom. The minimum absolute atomic E-state index is 0.155. The third kappa shape index (κ3) is 5.03. The van der Waals surface area contributed by atoms with Gasteiger partial charge in [-0.25, -0.2) is 0 Å². The molecule has 2 rings (SSSR count). The summed E-state index contributed by atoms with van der Waals surface area (Å²) in [5.74, 6) is 0.427. The number of ether oxygens (including phenoxy) is 1. The number of hydrogen-bond donors (Lipinski definition) is 1. The number of rotatable bonds is 6. The zero-order valence-corrected chi connectivity index (χ0v) is 14.1. The summed E-state index contributed by atoms with van der Waals surface area (Å²) in [6.07, 6.45) is 1.51. The molecule has 5 nitrogen and oxygen atoms in total. The summed E-state index contributed by atoms with van der Waals surface area (Å²) < 4.78 is 6.29. The lowest BCUT2D eigenvalue weighted by Crippen LogP contribution is -2.16.